The molecular weight excluding hydrogens is 135 g/mol. The Balaban J connectivity index is 2.34. The van der Waals surface area contributed by atoms with Gasteiger partial charge in [0.15, 0.2) is 0 Å². The summed E-state index contributed by atoms with van der Waals surface area (Å²) in [4.78, 5) is 10.1. The number of aliphatic carboxylic acids is 1. The van der Waals surface area contributed by atoms with Crippen molar-refractivity contribution in [2.45, 2.75) is 31.9 Å². The lowest BCUT2D eigenvalue weighted by Crippen LogP contribution is -2.17. The Morgan fingerprint density at radius 2 is 2.30 bits per heavy atom. The first kappa shape index (κ1) is 7.51. The number of carboxylic acid groups (broad SMARTS) is 1. The summed E-state index contributed by atoms with van der Waals surface area (Å²) in [7, 11) is 0. The highest BCUT2D eigenvalue weighted by Gasteiger charge is 2.48. The second-order valence-corrected chi connectivity index (χ2v) is 3.03. The van der Waals surface area contributed by atoms with E-state index in [0.717, 1.165) is 0 Å². The molecule has 0 radical (unpaired) electrons. The molecule has 1 fully saturated rings. The zero-order chi connectivity index (χ0) is 7.78. The minimum absolute atomic E-state index is 0.0451. The van der Waals surface area contributed by atoms with Crippen LogP contribution in [0.2, 0.25) is 0 Å². The van der Waals surface area contributed by atoms with E-state index in [-0.39, 0.29) is 12.3 Å². The van der Waals surface area contributed by atoms with Crippen molar-refractivity contribution in [2.75, 3.05) is 0 Å². The predicted octanol–water partition coefficient (Wildman–Crippen LogP) is 1.60. The van der Waals surface area contributed by atoms with Gasteiger partial charge in [-0.25, -0.2) is 4.39 Å². The van der Waals surface area contributed by atoms with Crippen LogP contribution >= 0.6 is 0 Å². The number of halogens is 1. The number of rotatable bonds is 3. The number of hydrogen-bond donors (Lipinski definition) is 1. The molecular formula is C7H11FO2. The van der Waals surface area contributed by atoms with E-state index in [9.17, 15) is 9.18 Å². The van der Waals surface area contributed by atoms with Crippen LogP contribution in [-0.2, 0) is 4.79 Å². The fourth-order valence-electron chi connectivity index (χ4n) is 1.06. The quantitative estimate of drug-likeness (QED) is 0.656. The fourth-order valence-corrected chi connectivity index (χ4v) is 1.06. The molecule has 0 aromatic rings. The van der Waals surface area contributed by atoms with Crippen LogP contribution in [0.4, 0.5) is 4.39 Å². The molecule has 3 heteroatoms. The minimum atomic E-state index is -1.14. The third-order valence-corrected chi connectivity index (χ3v) is 2.09. The van der Waals surface area contributed by atoms with Gasteiger partial charge in [0.05, 0.1) is 6.42 Å². The lowest BCUT2D eigenvalue weighted by Gasteiger charge is -2.11. The molecule has 1 unspecified atom stereocenters. The molecule has 0 amide bonds. The summed E-state index contributed by atoms with van der Waals surface area (Å²) < 4.78 is 13.0. The van der Waals surface area contributed by atoms with Gasteiger partial charge in [0.2, 0.25) is 0 Å². The van der Waals surface area contributed by atoms with E-state index in [1.165, 1.54) is 0 Å². The molecule has 1 aliphatic rings. The zero-order valence-electron chi connectivity index (χ0n) is 5.93. The lowest BCUT2D eigenvalue weighted by molar-refractivity contribution is -0.138. The number of hydrogen-bond acceptors (Lipinski definition) is 1. The Morgan fingerprint density at radius 3 is 2.60 bits per heavy atom. The van der Waals surface area contributed by atoms with Crippen LogP contribution in [0.5, 0.6) is 0 Å². The highest BCUT2D eigenvalue weighted by atomic mass is 19.1. The summed E-state index contributed by atoms with van der Waals surface area (Å²) in [5.41, 5.74) is -1.14. The Labute approximate surface area is 59.0 Å². The molecule has 0 heterocycles. The van der Waals surface area contributed by atoms with E-state index >= 15 is 0 Å². The number of alkyl halides is 1. The Morgan fingerprint density at radius 1 is 1.80 bits per heavy atom. The molecule has 10 heavy (non-hydrogen) atoms. The number of carbonyl (C=O) groups is 1. The van der Waals surface area contributed by atoms with E-state index in [1.807, 2.05) is 0 Å². The molecule has 0 bridgehead atoms. The van der Waals surface area contributed by atoms with Crippen molar-refractivity contribution in [1.29, 1.82) is 0 Å². The van der Waals surface area contributed by atoms with Crippen LogP contribution in [0.25, 0.3) is 0 Å². The minimum Gasteiger partial charge on any atom is -0.481 e. The maximum absolute atomic E-state index is 13.0. The molecule has 1 aliphatic carbocycles. The van der Waals surface area contributed by atoms with Gasteiger partial charge in [-0.3, -0.25) is 4.79 Å². The second-order valence-electron chi connectivity index (χ2n) is 3.03. The van der Waals surface area contributed by atoms with Crippen LogP contribution in [0, 0.1) is 5.92 Å². The first-order valence-corrected chi connectivity index (χ1v) is 3.45. The van der Waals surface area contributed by atoms with Crippen molar-refractivity contribution in [2.24, 2.45) is 5.92 Å². The standard InChI is InChI=1S/C7H11FO2/c1-5(4-6(9)10)7(8)2-3-7/h5H,2-4H2,1H3,(H,9,10). The third kappa shape index (κ3) is 1.46. The van der Waals surface area contributed by atoms with Crippen LogP contribution in [0.15, 0.2) is 0 Å². The van der Waals surface area contributed by atoms with Crippen molar-refractivity contribution in [3.05, 3.63) is 0 Å². The molecule has 0 spiro atoms. The summed E-state index contributed by atoms with van der Waals surface area (Å²) in [6.45, 7) is 1.65. The summed E-state index contributed by atoms with van der Waals surface area (Å²) in [5, 5.41) is 8.31. The predicted molar refractivity (Wildman–Crippen MR) is 34.5 cm³/mol. The molecule has 2 nitrogen and oxygen atoms in total. The maximum atomic E-state index is 13.0. The Bertz CT molecular complexity index is 152. The average molecular weight is 146 g/mol. The van der Waals surface area contributed by atoms with Gasteiger partial charge >= 0.3 is 5.97 Å². The smallest absolute Gasteiger partial charge is 0.303 e. The zero-order valence-corrected chi connectivity index (χ0v) is 5.93. The van der Waals surface area contributed by atoms with E-state index in [2.05, 4.69) is 0 Å². The van der Waals surface area contributed by atoms with Crippen LogP contribution < -0.4 is 0 Å². The Hall–Kier alpha value is -0.600. The Kier molecular flexibility index (Phi) is 1.67. The summed E-state index contributed by atoms with van der Waals surface area (Å²) in [5.74, 6) is -1.22. The van der Waals surface area contributed by atoms with Gasteiger partial charge in [0.1, 0.15) is 5.67 Å². The van der Waals surface area contributed by atoms with Crippen LogP contribution in [0.3, 0.4) is 0 Å². The largest absolute Gasteiger partial charge is 0.481 e. The molecule has 0 aromatic heterocycles. The van der Waals surface area contributed by atoms with Gasteiger partial charge in [-0.05, 0) is 12.8 Å². The van der Waals surface area contributed by atoms with E-state index in [4.69, 9.17) is 5.11 Å². The van der Waals surface area contributed by atoms with Gasteiger partial charge < -0.3 is 5.11 Å². The summed E-state index contributed by atoms with van der Waals surface area (Å²) >= 11 is 0. The van der Waals surface area contributed by atoms with Gasteiger partial charge in [-0.2, -0.15) is 0 Å². The highest BCUT2D eigenvalue weighted by Crippen LogP contribution is 2.47. The van der Waals surface area contributed by atoms with Gasteiger partial charge in [0, 0.05) is 5.92 Å². The first-order valence-electron chi connectivity index (χ1n) is 3.45. The molecule has 0 aromatic carbocycles. The van der Waals surface area contributed by atoms with Crippen molar-refractivity contribution in [1.82, 2.24) is 0 Å². The molecule has 58 valence electrons. The molecule has 1 atom stereocenters. The van der Waals surface area contributed by atoms with E-state index < -0.39 is 11.6 Å². The SMILES string of the molecule is CC(CC(=O)O)C1(F)CC1. The normalized spacial score (nSPS) is 23.8. The van der Waals surface area contributed by atoms with Gasteiger partial charge in [-0.15, -0.1) is 0 Å². The average Bonchev–Trinajstić information content (AvgIpc) is 2.47. The van der Waals surface area contributed by atoms with Gasteiger partial charge in [0.25, 0.3) is 0 Å². The lowest BCUT2D eigenvalue weighted by atomic mass is 10.0. The van der Waals surface area contributed by atoms with Crippen molar-refractivity contribution in [3.63, 3.8) is 0 Å². The fraction of sp³-hybridized carbons (Fsp3) is 0.857. The summed E-state index contributed by atoms with van der Waals surface area (Å²) in [6, 6.07) is 0. The van der Waals surface area contributed by atoms with E-state index in [0.29, 0.717) is 12.8 Å². The second kappa shape index (κ2) is 2.22. The van der Waals surface area contributed by atoms with Crippen LogP contribution in [0.1, 0.15) is 26.2 Å². The first-order chi connectivity index (χ1) is 4.54. The topological polar surface area (TPSA) is 37.3 Å². The van der Waals surface area contributed by atoms with Crippen molar-refractivity contribution < 1.29 is 14.3 Å². The molecule has 1 saturated carbocycles. The molecule has 0 aliphatic heterocycles. The van der Waals surface area contributed by atoms with Crippen LogP contribution in [-0.4, -0.2) is 16.7 Å². The monoisotopic (exact) mass is 146 g/mol. The third-order valence-electron chi connectivity index (χ3n) is 2.09. The van der Waals surface area contributed by atoms with Crippen molar-refractivity contribution in [3.8, 4) is 0 Å². The van der Waals surface area contributed by atoms with Crippen molar-refractivity contribution >= 4 is 5.97 Å². The number of carboxylic acids is 1. The highest BCUT2D eigenvalue weighted by molar-refractivity contribution is 5.67. The summed E-state index contributed by atoms with van der Waals surface area (Å²) in [6.07, 6.45) is 1.04. The molecule has 1 N–H and O–H groups in total. The molecule has 1 rings (SSSR count). The van der Waals surface area contributed by atoms with Gasteiger partial charge in [-0.1, -0.05) is 6.92 Å². The molecule has 0 saturated heterocycles. The maximum Gasteiger partial charge on any atom is 0.303 e. The van der Waals surface area contributed by atoms with E-state index in [1.54, 1.807) is 6.92 Å².